The van der Waals surface area contributed by atoms with E-state index in [4.69, 9.17) is 14.2 Å². The van der Waals surface area contributed by atoms with Crippen LogP contribution in [-0.4, -0.2) is 37.2 Å². The third-order valence-electron chi connectivity index (χ3n) is 10.4. The van der Waals surface area contributed by atoms with Crippen molar-refractivity contribution in [1.82, 2.24) is 0 Å². The highest BCUT2D eigenvalue weighted by Gasteiger charge is 2.19. The van der Waals surface area contributed by atoms with Gasteiger partial charge >= 0.3 is 17.9 Å². The van der Waals surface area contributed by atoms with Crippen molar-refractivity contribution in [1.29, 1.82) is 0 Å². The molecule has 61 heavy (non-hydrogen) atoms. The number of carbonyl (C=O) groups excluding carboxylic acids is 3. The predicted molar refractivity (Wildman–Crippen MR) is 261 cm³/mol. The van der Waals surface area contributed by atoms with Gasteiger partial charge in [-0.05, 0) is 103 Å². The van der Waals surface area contributed by atoms with Crippen LogP contribution in [0.2, 0.25) is 0 Å². The molecule has 0 spiro atoms. The summed E-state index contributed by atoms with van der Waals surface area (Å²) in [7, 11) is 0. The lowest BCUT2D eigenvalue weighted by Gasteiger charge is -2.18. The van der Waals surface area contributed by atoms with Crippen molar-refractivity contribution in [2.45, 2.75) is 232 Å². The molecule has 6 nitrogen and oxygen atoms in total. The summed E-state index contributed by atoms with van der Waals surface area (Å²) in [6.45, 7) is 6.40. The summed E-state index contributed by atoms with van der Waals surface area (Å²) in [5, 5.41) is 0. The first-order valence-electron chi connectivity index (χ1n) is 25.1. The molecule has 0 unspecified atom stereocenters. The largest absolute Gasteiger partial charge is 0.462 e. The van der Waals surface area contributed by atoms with Crippen LogP contribution in [0.3, 0.4) is 0 Å². The monoisotopic (exact) mass is 849 g/mol. The van der Waals surface area contributed by atoms with Gasteiger partial charge in [0, 0.05) is 19.3 Å². The van der Waals surface area contributed by atoms with Crippen LogP contribution in [0.1, 0.15) is 226 Å². The zero-order chi connectivity index (χ0) is 44.4. The lowest BCUT2D eigenvalue weighted by Crippen LogP contribution is -2.30. The van der Waals surface area contributed by atoms with Crippen molar-refractivity contribution >= 4 is 17.9 Å². The van der Waals surface area contributed by atoms with Gasteiger partial charge in [0.05, 0.1) is 0 Å². The number of esters is 3. The van der Waals surface area contributed by atoms with Crippen LogP contribution in [0.25, 0.3) is 0 Å². The molecular formula is C55H92O6. The van der Waals surface area contributed by atoms with Gasteiger partial charge in [-0.1, -0.05) is 189 Å². The van der Waals surface area contributed by atoms with E-state index in [1.165, 1.54) is 89.9 Å². The standard InChI is InChI=1S/C55H92O6/c1-4-7-10-13-16-19-22-24-26-27-29-31-34-36-39-42-45-48-54(57)60-51-52(61-55(58)49-46-43-40-37-32-21-18-15-12-9-6-3)50-59-53(56)47-44-41-38-35-33-30-28-25-23-20-17-14-11-8-5-2/h7,10,15-16,18-20,23-24,26,29,31,36,39,52H,4-6,8-9,11-14,17,21-22,25,27-28,30,32-35,37-38,40-51H2,1-3H3/b10-7-,18-15-,19-16-,23-20-,26-24-,31-29-,39-36-/t52-/m0/s1. The van der Waals surface area contributed by atoms with E-state index < -0.39 is 6.10 Å². The van der Waals surface area contributed by atoms with E-state index in [0.29, 0.717) is 19.3 Å². The van der Waals surface area contributed by atoms with Gasteiger partial charge in [0.15, 0.2) is 6.10 Å². The molecule has 1 atom stereocenters. The lowest BCUT2D eigenvalue weighted by atomic mass is 10.1. The van der Waals surface area contributed by atoms with Gasteiger partial charge in [-0.25, -0.2) is 0 Å². The number of rotatable bonds is 44. The Morgan fingerprint density at radius 3 is 1.13 bits per heavy atom. The molecule has 0 fully saturated rings. The maximum Gasteiger partial charge on any atom is 0.306 e. The molecule has 6 heteroatoms. The van der Waals surface area contributed by atoms with Gasteiger partial charge in [-0.15, -0.1) is 0 Å². The third kappa shape index (κ3) is 47.5. The van der Waals surface area contributed by atoms with Crippen molar-refractivity contribution in [3.05, 3.63) is 85.1 Å². The summed E-state index contributed by atoms with van der Waals surface area (Å²) in [5.41, 5.74) is 0. The smallest absolute Gasteiger partial charge is 0.306 e. The predicted octanol–water partition coefficient (Wildman–Crippen LogP) is 16.4. The Balaban J connectivity index is 4.47. The average Bonchev–Trinajstić information content (AvgIpc) is 3.26. The molecule has 0 heterocycles. The van der Waals surface area contributed by atoms with Crippen molar-refractivity contribution < 1.29 is 28.6 Å². The first kappa shape index (κ1) is 57.6. The maximum absolute atomic E-state index is 12.7. The summed E-state index contributed by atoms with van der Waals surface area (Å²) in [6.07, 6.45) is 62.8. The maximum atomic E-state index is 12.7. The first-order valence-corrected chi connectivity index (χ1v) is 25.1. The van der Waals surface area contributed by atoms with Crippen LogP contribution in [0, 0.1) is 0 Å². The summed E-state index contributed by atoms with van der Waals surface area (Å²) < 4.78 is 16.7. The fraction of sp³-hybridized carbons (Fsp3) is 0.691. The highest BCUT2D eigenvalue weighted by molar-refractivity contribution is 5.71. The van der Waals surface area contributed by atoms with E-state index >= 15 is 0 Å². The number of hydrogen-bond acceptors (Lipinski definition) is 6. The Labute approximate surface area is 375 Å². The number of hydrogen-bond donors (Lipinski definition) is 0. The Hall–Kier alpha value is -3.41. The summed E-state index contributed by atoms with van der Waals surface area (Å²) in [4.78, 5) is 37.9. The Bertz CT molecular complexity index is 1200. The van der Waals surface area contributed by atoms with E-state index in [9.17, 15) is 14.4 Å². The van der Waals surface area contributed by atoms with Crippen molar-refractivity contribution in [3.63, 3.8) is 0 Å². The second kappa shape index (κ2) is 49.2. The van der Waals surface area contributed by atoms with E-state index in [2.05, 4.69) is 106 Å². The molecular weight excluding hydrogens is 757 g/mol. The molecule has 0 aromatic carbocycles. The van der Waals surface area contributed by atoms with Gasteiger partial charge in [0.25, 0.3) is 0 Å². The molecule has 0 amide bonds. The van der Waals surface area contributed by atoms with Crippen LogP contribution < -0.4 is 0 Å². The Kier molecular flexibility index (Phi) is 46.5. The van der Waals surface area contributed by atoms with Crippen molar-refractivity contribution in [3.8, 4) is 0 Å². The lowest BCUT2D eigenvalue weighted by molar-refractivity contribution is -0.167. The summed E-state index contributed by atoms with van der Waals surface area (Å²) >= 11 is 0. The SMILES string of the molecule is CC/C=C\C/C=C\C/C=C\C/C=C\C/C=C\CCCC(=O)OC[C@H](COC(=O)CCCCCCCCC/C=C\CCCCCC)OC(=O)CCCCCCC/C=C\CCCC. The normalized spacial score (nSPS) is 12.8. The molecule has 0 bridgehead atoms. The number of allylic oxidation sites excluding steroid dienone is 14. The quantitative estimate of drug-likeness (QED) is 0.0263. The van der Waals surface area contributed by atoms with Crippen LogP contribution in [0.15, 0.2) is 85.1 Å². The molecule has 0 saturated carbocycles. The van der Waals surface area contributed by atoms with Gasteiger partial charge in [-0.3, -0.25) is 14.4 Å². The van der Waals surface area contributed by atoms with Gasteiger partial charge in [0.1, 0.15) is 13.2 Å². The minimum absolute atomic E-state index is 0.100. The average molecular weight is 849 g/mol. The van der Waals surface area contributed by atoms with Crippen LogP contribution >= 0.6 is 0 Å². The second-order valence-electron chi connectivity index (χ2n) is 16.3. The number of unbranched alkanes of at least 4 members (excludes halogenated alkanes) is 19. The van der Waals surface area contributed by atoms with E-state index in [0.717, 1.165) is 89.9 Å². The zero-order valence-electron chi connectivity index (χ0n) is 39.7. The highest BCUT2D eigenvalue weighted by Crippen LogP contribution is 2.13. The molecule has 0 radical (unpaired) electrons. The van der Waals surface area contributed by atoms with E-state index in [-0.39, 0.29) is 37.5 Å². The Morgan fingerprint density at radius 1 is 0.344 bits per heavy atom. The Morgan fingerprint density at radius 2 is 0.672 bits per heavy atom. The van der Waals surface area contributed by atoms with Gasteiger partial charge in [-0.2, -0.15) is 0 Å². The molecule has 0 aromatic heterocycles. The number of carbonyl (C=O) groups is 3. The van der Waals surface area contributed by atoms with Gasteiger partial charge in [0.2, 0.25) is 0 Å². The zero-order valence-corrected chi connectivity index (χ0v) is 39.7. The molecule has 0 saturated heterocycles. The van der Waals surface area contributed by atoms with E-state index in [1.807, 2.05) is 0 Å². The highest BCUT2D eigenvalue weighted by atomic mass is 16.6. The second-order valence-corrected chi connectivity index (χ2v) is 16.3. The summed E-state index contributed by atoms with van der Waals surface area (Å²) in [6, 6.07) is 0. The minimum atomic E-state index is -0.804. The fourth-order valence-corrected chi connectivity index (χ4v) is 6.57. The van der Waals surface area contributed by atoms with Gasteiger partial charge < -0.3 is 14.2 Å². The minimum Gasteiger partial charge on any atom is -0.462 e. The molecule has 0 aliphatic rings. The van der Waals surface area contributed by atoms with Crippen LogP contribution in [0.4, 0.5) is 0 Å². The fourth-order valence-electron chi connectivity index (χ4n) is 6.57. The molecule has 0 N–H and O–H groups in total. The summed E-state index contributed by atoms with van der Waals surface area (Å²) in [5.74, 6) is -0.979. The molecule has 0 aliphatic carbocycles. The van der Waals surface area contributed by atoms with Crippen molar-refractivity contribution in [2.75, 3.05) is 13.2 Å². The molecule has 0 aliphatic heterocycles. The van der Waals surface area contributed by atoms with Crippen LogP contribution in [-0.2, 0) is 28.6 Å². The third-order valence-corrected chi connectivity index (χ3v) is 10.4. The topological polar surface area (TPSA) is 78.9 Å². The number of ether oxygens (including phenoxy) is 3. The molecule has 0 rings (SSSR count). The van der Waals surface area contributed by atoms with Crippen molar-refractivity contribution in [2.24, 2.45) is 0 Å². The van der Waals surface area contributed by atoms with Crippen LogP contribution in [0.5, 0.6) is 0 Å². The first-order chi connectivity index (χ1) is 30.0. The molecule has 348 valence electrons. The van der Waals surface area contributed by atoms with E-state index in [1.54, 1.807) is 0 Å². The molecule has 0 aromatic rings.